The third-order valence-electron chi connectivity index (χ3n) is 5.41. The van der Waals surface area contributed by atoms with Crippen LogP contribution in [0.25, 0.3) is 0 Å². The lowest BCUT2D eigenvalue weighted by atomic mass is 9.96. The fraction of sp³-hybridized carbons (Fsp3) is 0.600. The first kappa shape index (κ1) is 20.8. The van der Waals surface area contributed by atoms with Crippen molar-refractivity contribution >= 4 is 21.9 Å². The van der Waals surface area contributed by atoms with Crippen LogP contribution in [-0.2, 0) is 19.6 Å². The molecular weight excluding hydrogens is 380 g/mol. The Bertz CT molecular complexity index is 829. The number of sulfonamides is 1. The molecule has 0 radical (unpaired) electrons. The zero-order valence-corrected chi connectivity index (χ0v) is 17.2. The van der Waals surface area contributed by atoms with Gasteiger partial charge in [0.1, 0.15) is 0 Å². The van der Waals surface area contributed by atoms with Crippen LogP contribution >= 0.6 is 0 Å². The largest absolute Gasteiger partial charge is 0.449 e. The molecule has 0 spiro atoms. The molecule has 0 heterocycles. The summed E-state index contributed by atoms with van der Waals surface area (Å²) >= 11 is 0. The number of nitrogens with one attached hydrogen (secondary N) is 1. The van der Waals surface area contributed by atoms with Crippen LogP contribution in [0.3, 0.4) is 0 Å². The van der Waals surface area contributed by atoms with Crippen molar-refractivity contribution in [3.63, 3.8) is 0 Å². The number of hydrogen-bond donors (Lipinski definition) is 1. The average Bonchev–Trinajstić information content (AvgIpc) is 3.52. The molecule has 1 aromatic rings. The summed E-state index contributed by atoms with van der Waals surface area (Å²) in [6.45, 7) is 1.51. The summed E-state index contributed by atoms with van der Waals surface area (Å²) in [7, 11) is -2.10. The number of carbonyl (C=O) groups is 2. The highest BCUT2D eigenvalue weighted by Crippen LogP contribution is 2.27. The van der Waals surface area contributed by atoms with Gasteiger partial charge in [-0.05, 0) is 50.8 Å². The van der Waals surface area contributed by atoms with Gasteiger partial charge in [0.25, 0.3) is 5.91 Å². The van der Waals surface area contributed by atoms with Crippen LogP contribution in [-0.4, -0.2) is 49.8 Å². The topological polar surface area (TPSA) is 92.8 Å². The monoisotopic (exact) mass is 408 g/mol. The molecule has 0 bridgehead atoms. The Morgan fingerprint density at radius 3 is 2.46 bits per heavy atom. The van der Waals surface area contributed by atoms with Gasteiger partial charge in [-0.15, -0.1) is 0 Å². The van der Waals surface area contributed by atoms with Crippen molar-refractivity contribution in [2.24, 2.45) is 0 Å². The molecule has 1 N–H and O–H groups in total. The van der Waals surface area contributed by atoms with Crippen LogP contribution in [0.5, 0.6) is 0 Å². The van der Waals surface area contributed by atoms with Crippen LogP contribution in [0.2, 0.25) is 0 Å². The molecule has 0 aliphatic heterocycles. The maximum absolute atomic E-state index is 13.0. The summed E-state index contributed by atoms with van der Waals surface area (Å²) in [5.74, 6) is -1.05. The first-order valence-corrected chi connectivity index (χ1v) is 11.3. The van der Waals surface area contributed by atoms with Crippen LogP contribution in [0.4, 0.5) is 0 Å². The first-order chi connectivity index (χ1) is 13.3. The van der Waals surface area contributed by atoms with E-state index in [1.165, 1.54) is 35.5 Å². The summed E-state index contributed by atoms with van der Waals surface area (Å²) < 4.78 is 32.6. The predicted octanol–water partition coefficient (Wildman–Crippen LogP) is 2.46. The van der Waals surface area contributed by atoms with Crippen molar-refractivity contribution < 1.29 is 22.7 Å². The highest BCUT2D eigenvalue weighted by molar-refractivity contribution is 7.89. The van der Waals surface area contributed by atoms with Gasteiger partial charge in [-0.3, -0.25) is 4.79 Å². The van der Waals surface area contributed by atoms with Gasteiger partial charge in [-0.2, -0.15) is 4.31 Å². The second-order valence-electron chi connectivity index (χ2n) is 7.67. The lowest BCUT2D eigenvalue weighted by Gasteiger charge is -2.30. The van der Waals surface area contributed by atoms with E-state index in [9.17, 15) is 18.0 Å². The predicted molar refractivity (Wildman–Crippen MR) is 104 cm³/mol. The lowest BCUT2D eigenvalue weighted by Crippen LogP contribution is -2.38. The molecule has 7 nitrogen and oxygen atoms in total. The number of carbonyl (C=O) groups excluding carboxylic acids is 2. The molecule has 2 saturated carbocycles. The summed E-state index contributed by atoms with van der Waals surface area (Å²) in [5.41, 5.74) is 0.115. The van der Waals surface area contributed by atoms with Gasteiger partial charge >= 0.3 is 5.97 Å². The third kappa shape index (κ3) is 4.91. The Labute approximate surface area is 166 Å². The first-order valence-electron chi connectivity index (χ1n) is 9.88. The Kier molecular flexibility index (Phi) is 6.40. The molecule has 1 aromatic carbocycles. The minimum Gasteiger partial charge on any atom is -0.449 e. The smallest absolute Gasteiger partial charge is 0.338 e. The second kappa shape index (κ2) is 8.61. The third-order valence-corrected chi connectivity index (χ3v) is 7.32. The zero-order valence-electron chi connectivity index (χ0n) is 16.4. The summed E-state index contributed by atoms with van der Waals surface area (Å²) in [6.07, 6.45) is 5.85. The minimum atomic E-state index is -3.70. The van der Waals surface area contributed by atoms with Gasteiger partial charge in [-0.25, -0.2) is 13.2 Å². The van der Waals surface area contributed by atoms with E-state index in [1.807, 2.05) is 0 Å². The van der Waals surface area contributed by atoms with Gasteiger partial charge < -0.3 is 10.1 Å². The number of rotatable bonds is 7. The Hall–Kier alpha value is -1.93. The molecule has 8 heteroatoms. The van der Waals surface area contributed by atoms with Crippen LogP contribution in [0.1, 0.15) is 62.2 Å². The molecule has 0 saturated heterocycles. The van der Waals surface area contributed by atoms with Crippen LogP contribution in [0, 0.1) is 0 Å². The molecule has 2 aliphatic rings. The molecule has 1 amide bonds. The minimum absolute atomic E-state index is 0.0134. The van der Waals surface area contributed by atoms with Gasteiger partial charge in [0, 0.05) is 19.1 Å². The van der Waals surface area contributed by atoms with Crippen LogP contribution in [0.15, 0.2) is 29.2 Å². The highest BCUT2D eigenvalue weighted by atomic mass is 32.2. The molecule has 0 unspecified atom stereocenters. The van der Waals surface area contributed by atoms with E-state index in [2.05, 4.69) is 5.32 Å². The Morgan fingerprint density at radius 2 is 1.82 bits per heavy atom. The van der Waals surface area contributed by atoms with Crippen molar-refractivity contribution in [3.05, 3.63) is 29.8 Å². The van der Waals surface area contributed by atoms with Crippen molar-refractivity contribution in [1.29, 1.82) is 0 Å². The van der Waals surface area contributed by atoms with Gasteiger partial charge in [0.2, 0.25) is 10.0 Å². The number of amides is 1. The molecule has 154 valence electrons. The molecule has 1 atom stereocenters. The van der Waals surface area contributed by atoms with E-state index in [4.69, 9.17) is 4.74 Å². The van der Waals surface area contributed by atoms with Crippen molar-refractivity contribution in [1.82, 2.24) is 9.62 Å². The lowest BCUT2D eigenvalue weighted by molar-refractivity contribution is -0.129. The van der Waals surface area contributed by atoms with Crippen molar-refractivity contribution in [3.8, 4) is 0 Å². The maximum atomic E-state index is 13.0. The standard InChI is InChI=1S/C20H28N2O5S/c1-14(19(23)21-16-11-12-16)27-20(24)15-7-6-10-18(13-15)28(25,26)22(2)17-8-4-3-5-9-17/h6-7,10,13-14,16-17H,3-5,8-9,11-12H2,1-2H3,(H,21,23)/t14-/m0/s1. The average molecular weight is 409 g/mol. The summed E-state index contributed by atoms with van der Waals surface area (Å²) in [6, 6.07) is 5.98. The quantitative estimate of drug-likeness (QED) is 0.700. The van der Waals surface area contributed by atoms with Gasteiger partial charge in [-0.1, -0.05) is 25.3 Å². The second-order valence-corrected chi connectivity index (χ2v) is 9.67. The molecule has 28 heavy (non-hydrogen) atoms. The number of nitrogens with zero attached hydrogens (tertiary/aromatic N) is 1. The van der Waals surface area contributed by atoms with Gasteiger partial charge in [0.05, 0.1) is 10.5 Å². The molecule has 2 aliphatic carbocycles. The van der Waals surface area contributed by atoms with E-state index < -0.39 is 22.1 Å². The van der Waals surface area contributed by atoms with Crippen molar-refractivity contribution in [2.45, 2.75) is 75.0 Å². The SMILES string of the molecule is C[C@H](OC(=O)c1cccc(S(=O)(=O)N(C)C2CCCCC2)c1)C(=O)NC1CC1. The van der Waals surface area contributed by atoms with E-state index >= 15 is 0 Å². The fourth-order valence-electron chi connectivity index (χ4n) is 3.42. The van der Waals surface area contributed by atoms with Gasteiger partial charge in [0.15, 0.2) is 6.10 Å². The Morgan fingerprint density at radius 1 is 1.14 bits per heavy atom. The molecule has 2 fully saturated rings. The number of hydrogen-bond acceptors (Lipinski definition) is 5. The van der Waals surface area contributed by atoms with E-state index in [0.29, 0.717) is 0 Å². The summed E-state index contributed by atoms with van der Waals surface area (Å²) in [5, 5.41) is 2.78. The fourth-order valence-corrected chi connectivity index (χ4v) is 4.88. The number of ether oxygens (including phenoxy) is 1. The van der Waals surface area contributed by atoms with E-state index in [1.54, 1.807) is 7.05 Å². The number of esters is 1. The highest BCUT2D eigenvalue weighted by Gasteiger charge is 2.30. The molecular formula is C20H28N2O5S. The normalized spacial score (nSPS) is 19.2. The summed E-state index contributed by atoms with van der Waals surface area (Å²) in [4.78, 5) is 24.4. The van der Waals surface area contributed by atoms with Crippen LogP contribution < -0.4 is 5.32 Å². The maximum Gasteiger partial charge on any atom is 0.338 e. The van der Waals surface area contributed by atoms with E-state index in [-0.39, 0.29) is 28.4 Å². The van der Waals surface area contributed by atoms with E-state index in [0.717, 1.165) is 44.9 Å². The Balaban J connectivity index is 1.69. The molecule has 0 aromatic heterocycles. The number of benzene rings is 1. The zero-order chi connectivity index (χ0) is 20.3. The van der Waals surface area contributed by atoms with Crippen molar-refractivity contribution in [2.75, 3.05) is 7.05 Å². The molecule has 3 rings (SSSR count).